The minimum atomic E-state index is -0.209. The van der Waals surface area contributed by atoms with Gasteiger partial charge in [0.25, 0.3) is 0 Å². The smallest absolute Gasteiger partial charge is 0.333 e. The molecule has 0 amide bonds. The Hall–Kier alpha value is -4.79. The van der Waals surface area contributed by atoms with E-state index in [4.69, 9.17) is 4.74 Å². The van der Waals surface area contributed by atoms with E-state index in [-0.39, 0.29) is 11.5 Å². The van der Waals surface area contributed by atoms with Gasteiger partial charge in [-0.1, -0.05) is 67.9 Å². The van der Waals surface area contributed by atoms with Gasteiger partial charge >= 0.3 is 5.69 Å². The molecule has 39 heavy (non-hydrogen) atoms. The molecule has 0 fully saturated rings. The fourth-order valence-corrected chi connectivity index (χ4v) is 4.81. The number of nitrogens with zero attached hydrogens (tertiary/aromatic N) is 5. The summed E-state index contributed by atoms with van der Waals surface area (Å²) >= 11 is 0. The number of rotatable bonds is 10. The van der Waals surface area contributed by atoms with Crippen molar-refractivity contribution in [3.05, 3.63) is 100 Å². The fourth-order valence-electron chi connectivity index (χ4n) is 4.81. The number of aromatic amines is 1. The molecule has 0 saturated carbocycles. The molecule has 0 aliphatic heterocycles. The summed E-state index contributed by atoms with van der Waals surface area (Å²) in [6, 6.07) is 21.3. The van der Waals surface area contributed by atoms with Gasteiger partial charge in [0, 0.05) is 23.0 Å². The van der Waals surface area contributed by atoms with Gasteiger partial charge in [0.1, 0.15) is 11.4 Å². The van der Waals surface area contributed by atoms with Crippen LogP contribution >= 0.6 is 0 Å². The largest absolute Gasteiger partial charge is 0.495 e. The topological polar surface area (TPSA) is 108 Å². The van der Waals surface area contributed by atoms with Crippen molar-refractivity contribution in [2.24, 2.45) is 0 Å². The Morgan fingerprint density at radius 2 is 1.77 bits per heavy atom. The number of H-pyrrole nitrogens is 1. The third kappa shape index (κ3) is 5.16. The number of aromatic nitrogens is 6. The van der Waals surface area contributed by atoms with Crippen LogP contribution in [0.15, 0.2) is 77.7 Å². The first-order valence-electron chi connectivity index (χ1n) is 12.9. The molecule has 0 saturated heterocycles. The van der Waals surface area contributed by atoms with Crippen molar-refractivity contribution in [3.8, 4) is 34.0 Å². The summed E-state index contributed by atoms with van der Waals surface area (Å²) in [6.07, 6.45) is 4.54. The van der Waals surface area contributed by atoms with E-state index in [9.17, 15) is 9.59 Å². The summed E-state index contributed by atoms with van der Waals surface area (Å²) in [5, 5.41) is 14.4. The van der Waals surface area contributed by atoms with E-state index in [0.717, 1.165) is 47.2 Å². The Kier molecular flexibility index (Phi) is 7.49. The van der Waals surface area contributed by atoms with Crippen LogP contribution in [0.2, 0.25) is 0 Å². The Morgan fingerprint density at radius 3 is 2.44 bits per heavy atom. The predicted molar refractivity (Wildman–Crippen MR) is 149 cm³/mol. The summed E-state index contributed by atoms with van der Waals surface area (Å²) < 4.78 is 8.89. The van der Waals surface area contributed by atoms with Crippen molar-refractivity contribution in [1.29, 1.82) is 0 Å². The van der Waals surface area contributed by atoms with Gasteiger partial charge < -0.3 is 4.74 Å². The number of tetrazole rings is 1. The number of imidazole rings is 1. The molecule has 2 aromatic heterocycles. The molecule has 2 heterocycles. The van der Waals surface area contributed by atoms with E-state index < -0.39 is 0 Å². The predicted octanol–water partition coefficient (Wildman–Crippen LogP) is 5.09. The molecule has 0 unspecified atom stereocenters. The van der Waals surface area contributed by atoms with Gasteiger partial charge in [-0.3, -0.25) is 13.9 Å². The molecule has 9 nitrogen and oxygen atoms in total. The van der Waals surface area contributed by atoms with Crippen molar-refractivity contribution in [1.82, 2.24) is 29.8 Å². The quantitative estimate of drug-likeness (QED) is 0.256. The highest BCUT2D eigenvalue weighted by Gasteiger charge is 2.20. The minimum absolute atomic E-state index is 0.129. The van der Waals surface area contributed by atoms with Crippen LogP contribution in [0.5, 0.6) is 5.75 Å². The van der Waals surface area contributed by atoms with Crippen LogP contribution in [-0.4, -0.2) is 42.7 Å². The minimum Gasteiger partial charge on any atom is -0.495 e. The number of Topliss-reactive ketones (excluding diaryl/α,β-unsaturated/α-hetero) is 1. The van der Waals surface area contributed by atoms with Gasteiger partial charge in [-0.25, -0.2) is 4.79 Å². The third-order valence-corrected chi connectivity index (χ3v) is 6.81. The van der Waals surface area contributed by atoms with Crippen LogP contribution in [0, 0.1) is 0 Å². The van der Waals surface area contributed by atoms with Gasteiger partial charge in [-0.2, -0.15) is 5.21 Å². The second-order valence-electron chi connectivity index (χ2n) is 9.35. The average Bonchev–Trinajstić information content (AvgIpc) is 3.61. The summed E-state index contributed by atoms with van der Waals surface area (Å²) in [5.41, 5.74) is 5.49. The molecule has 0 aliphatic rings. The highest BCUT2D eigenvalue weighted by Crippen LogP contribution is 2.30. The molecule has 1 N–H and O–H groups in total. The van der Waals surface area contributed by atoms with E-state index in [1.54, 1.807) is 34.4 Å². The number of carbonyl (C=O) groups excluding carboxylic acids is 1. The maximum Gasteiger partial charge on any atom is 0.333 e. The zero-order valence-corrected chi connectivity index (χ0v) is 22.2. The molecule has 3 aromatic carbocycles. The molecule has 9 heteroatoms. The number of carbonyl (C=O) groups is 1. The molecular formula is C30H30N6O3. The summed E-state index contributed by atoms with van der Waals surface area (Å²) in [6.45, 7) is 4.03. The molecule has 0 spiro atoms. The number of ether oxygens (including phenoxy) is 1. The standard InChI is InChI=1S/C30H30N6O3/c1-4-5-9-23-19-36(28-24(20(2)37)12-8-13-27(28)39-3)30(38)35(23)18-21-14-16-22(17-15-21)25-10-6-7-11-26(25)29-31-33-34-32-29/h6-8,10-17,19H,4-5,9,18H2,1-3H3,(H,31,32,33,34). The van der Waals surface area contributed by atoms with Crippen LogP contribution < -0.4 is 10.4 Å². The third-order valence-electron chi connectivity index (χ3n) is 6.81. The summed E-state index contributed by atoms with van der Waals surface area (Å²) in [4.78, 5) is 26.2. The number of hydrogen-bond acceptors (Lipinski definition) is 6. The molecular weight excluding hydrogens is 492 g/mol. The van der Waals surface area contributed by atoms with Gasteiger partial charge in [0.05, 0.1) is 13.7 Å². The number of nitrogens with one attached hydrogen (secondary N) is 1. The zero-order chi connectivity index (χ0) is 27.4. The summed E-state index contributed by atoms with van der Waals surface area (Å²) in [7, 11) is 1.54. The molecule has 0 bridgehead atoms. The normalized spacial score (nSPS) is 11.1. The van der Waals surface area contributed by atoms with Crippen molar-refractivity contribution >= 4 is 5.78 Å². The Balaban J connectivity index is 1.53. The van der Waals surface area contributed by atoms with Gasteiger partial charge in [-0.15, -0.1) is 10.2 Å². The maximum atomic E-state index is 13.8. The van der Waals surface area contributed by atoms with Gasteiger partial charge in [0.15, 0.2) is 5.78 Å². The fraction of sp³-hybridized carbons (Fsp3) is 0.233. The van der Waals surface area contributed by atoms with E-state index in [1.165, 1.54) is 6.92 Å². The average molecular weight is 523 g/mol. The lowest BCUT2D eigenvalue weighted by molar-refractivity contribution is 0.101. The SMILES string of the molecule is CCCCc1cn(-c2c(OC)cccc2C(C)=O)c(=O)n1Cc1ccc(-c2ccccc2-c2nn[nH]n2)cc1. The van der Waals surface area contributed by atoms with Crippen molar-refractivity contribution < 1.29 is 9.53 Å². The number of benzene rings is 3. The lowest BCUT2D eigenvalue weighted by atomic mass is 9.98. The molecule has 198 valence electrons. The lowest BCUT2D eigenvalue weighted by Gasteiger charge is -2.12. The molecule has 0 atom stereocenters. The van der Waals surface area contributed by atoms with E-state index >= 15 is 0 Å². The van der Waals surface area contributed by atoms with Crippen LogP contribution in [0.3, 0.4) is 0 Å². The molecule has 5 rings (SSSR count). The summed E-state index contributed by atoms with van der Waals surface area (Å²) in [5.74, 6) is 0.883. The van der Waals surface area contributed by atoms with E-state index in [0.29, 0.717) is 29.4 Å². The van der Waals surface area contributed by atoms with Crippen LogP contribution in [0.25, 0.3) is 28.2 Å². The monoisotopic (exact) mass is 522 g/mol. The molecule has 0 radical (unpaired) electrons. The maximum absolute atomic E-state index is 13.8. The lowest BCUT2D eigenvalue weighted by Crippen LogP contribution is -2.26. The number of hydrogen-bond donors (Lipinski definition) is 1. The van der Waals surface area contributed by atoms with Gasteiger partial charge in [0.2, 0.25) is 5.82 Å². The molecule has 0 aliphatic carbocycles. The Bertz CT molecular complexity index is 1650. The van der Waals surface area contributed by atoms with Crippen molar-refractivity contribution in [3.63, 3.8) is 0 Å². The zero-order valence-electron chi connectivity index (χ0n) is 22.2. The van der Waals surface area contributed by atoms with E-state index in [2.05, 4.69) is 27.5 Å². The van der Waals surface area contributed by atoms with Gasteiger partial charge in [-0.05, 0) is 53.8 Å². The van der Waals surface area contributed by atoms with Crippen molar-refractivity contribution in [2.45, 2.75) is 39.7 Å². The van der Waals surface area contributed by atoms with Crippen LogP contribution in [0.1, 0.15) is 48.3 Å². The van der Waals surface area contributed by atoms with Crippen LogP contribution in [-0.2, 0) is 13.0 Å². The number of aryl methyl sites for hydroxylation is 1. The van der Waals surface area contributed by atoms with Crippen LogP contribution in [0.4, 0.5) is 0 Å². The number of para-hydroxylation sites is 1. The second kappa shape index (κ2) is 11.3. The van der Waals surface area contributed by atoms with E-state index in [1.807, 2.05) is 54.7 Å². The molecule has 5 aromatic rings. The Morgan fingerprint density at radius 1 is 1.00 bits per heavy atom. The first-order chi connectivity index (χ1) is 19.0. The number of unbranched alkanes of at least 4 members (excludes halogenated alkanes) is 1. The van der Waals surface area contributed by atoms with Crippen molar-refractivity contribution in [2.75, 3.05) is 7.11 Å². The highest BCUT2D eigenvalue weighted by molar-refractivity contribution is 5.98. The Labute approximate surface area is 226 Å². The first-order valence-corrected chi connectivity index (χ1v) is 12.9. The second-order valence-corrected chi connectivity index (χ2v) is 9.35. The first kappa shape index (κ1) is 25.8. The number of methoxy groups -OCH3 is 1. The highest BCUT2D eigenvalue weighted by atomic mass is 16.5. The number of ketones is 1.